The first-order valence-corrected chi connectivity index (χ1v) is 49.4. The standard InChI is InChI=1S/C100H134GeSe/c1-27-29-31-33-35-97-73-49-61-67(91(15,16)43-37-85(61,3)4)55-79(73)99(80-56-68-62(50-74(80)97)86(5,6)38-44-92(68,17)18,81-57-69-63(51-75(81)97)87(7,8)39-45-93(69,19)20)101(102)100-82-58-70-64(88(9,10)40-46-94(70,21)22)52-76(82)98(36-34-32-30-28-2,77-53-65-71(59-83(77)100)95(23,24)47-41-89(65,11)12)78-54-66-72(60-84(78)100)96(25,26)48-42-90(66,13)14/h49-60H,27-48H2,1-26H3. The van der Waals surface area contributed by atoms with Crippen molar-refractivity contribution < 1.29 is 0 Å². The summed E-state index contributed by atoms with van der Waals surface area (Å²) in [5.74, 6) is 0. The predicted octanol–water partition coefficient (Wildman–Crippen LogP) is 26.3. The van der Waals surface area contributed by atoms with E-state index in [0.29, 0.717) is 0 Å². The van der Waals surface area contributed by atoms with Crippen molar-refractivity contribution in [2.24, 2.45) is 0 Å². The fraction of sp³-hybridized carbons (Fsp3) is 0.640. The third-order valence-corrected chi connectivity index (χ3v) is 45.5. The fourth-order valence-electron chi connectivity index (χ4n) is 24.9. The van der Waals surface area contributed by atoms with Gasteiger partial charge in [-0.3, -0.25) is 0 Å². The van der Waals surface area contributed by atoms with E-state index in [1.165, 1.54) is 128 Å². The Kier molecular flexibility index (Phi) is 15.9. The third kappa shape index (κ3) is 9.46. The van der Waals surface area contributed by atoms with Crippen molar-refractivity contribution in [1.82, 2.24) is 0 Å². The van der Waals surface area contributed by atoms with Crippen molar-refractivity contribution in [3.05, 3.63) is 206 Å². The van der Waals surface area contributed by atoms with E-state index in [1.807, 2.05) is 0 Å². The summed E-state index contributed by atoms with van der Waals surface area (Å²) in [5, 5.41) is 0. The molecule has 0 amide bonds. The van der Waals surface area contributed by atoms with Crippen molar-refractivity contribution in [1.29, 1.82) is 0 Å². The van der Waals surface area contributed by atoms with Crippen LogP contribution in [0.4, 0.5) is 0 Å². The van der Waals surface area contributed by atoms with E-state index < -0.39 is 20.4 Å². The number of fused-ring (bicyclic) bond motifs is 6. The molecule has 6 aromatic carbocycles. The van der Waals surface area contributed by atoms with Gasteiger partial charge in [0.2, 0.25) is 0 Å². The van der Waals surface area contributed by atoms with Crippen LogP contribution < -0.4 is 0 Å². The molecule has 4 bridgehead atoms. The van der Waals surface area contributed by atoms with Crippen LogP contribution in [0.5, 0.6) is 0 Å². The zero-order valence-electron chi connectivity index (χ0n) is 69.4. The van der Waals surface area contributed by atoms with E-state index in [9.17, 15) is 0 Å². The van der Waals surface area contributed by atoms with Gasteiger partial charge in [0.05, 0.1) is 0 Å². The SMILES string of the molecule is CCCCCCC12c3cc4c(cc3[C]([Ge](=[Se])[C]35c6cc7c(cc6C(CCCCCC)(c6cc8c(cc63)C(C)(C)CCC8(C)C)c3cc6c(cc35)C(C)(C)CCC6(C)C)C(C)(C)CCC7(C)C)(c3cc5c(cc31)C(C)(C)CCC5(C)C)c1cc3c(cc12)C(C)(C)CCC3(C)C)C(C)(C)CCC4(C)C. The van der Waals surface area contributed by atoms with Crippen LogP contribution >= 0.6 is 0 Å². The average Bonchev–Trinajstić information content (AvgIpc) is 0.628. The summed E-state index contributed by atoms with van der Waals surface area (Å²) in [6, 6.07) is 36.6. The Hall–Kier alpha value is -3.62. The first-order valence-electron chi connectivity index (χ1n) is 42.0. The van der Waals surface area contributed by atoms with Crippen molar-refractivity contribution in [3.8, 4) is 0 Å². The number of benzene rings is 6. The minimum absolute atomic E-state index is 0.00253. The van der Waals surface area contributed by atoms with E-state index in [1.54, 1.807) is 134 Å². The van der Waals surface area contributed by atoms with Crippen LogP contribution in [0.25, 0.3) is 0 Å². The van der Waals surface area contributed by atoms with Gasteiger partial charge in [0.15, 0.2) is 0 Å². The zero-order valence-corrected chi connectivity index (χ0v) is 73.2. The molecule has 0 radical (unpaired) electrons. The molecule has 0 heterocycles. The summed E-state index contributed by atoms with van der Waals surface area (Å²) in [7, 11) is 0. The Labute approximate surface area is 632 Å². The second-order valence-corrected chi connectivity index (χ2v) is 53.5. The van der Waals surface area contributed by atoms with Crippen LogP contribution in [-0.4, -0.2) is 25.5 Å². The maximum absolute atomic E-state index is 5.01. The van der Waals surface area contributed by atoms with Crippen LogP contribution in [0, 0.1) is 0 Å². The molecule has 0 fully saturated rings. The van der Waals surface area contributed by atoms with Gasteiger partial charge >= 0.3 is 637 Å². The van der Waals surface area contributed by atoms with Crippen LogP contribution in [0.15, 0.2) is 72.8 Å². The van der Waals surface area contributed by atoms with Crippen molar-refractivity contribution >= 4 is 25.5 Å². The molecule has 12 aliphatic carbocycles. The second-order valence-electron chi connectivity index (χ2n) is 44.5. The summed E-state index contributed by atoms with van der Waals surface area (Å²) in [6.07, 6.45) is 26.7. The van der Waals surface area contributed by atoms with Gasteiger partial charge in [0, 0.05) is 0 Å². The molecule has 0 spiro atoms. The fourth-order valence-corrected chi connectivity index (χ4v) is 38.9. The molecule has 0 unspecified atom stereocenters. The van der Waals surface area contributed by atoms with Crippen LogP contribution in [-0.2, 0) is 84.3 Å². The molecular formula is C100H134GeSe. The Morgan fingerprint density at radius 1 is 0.206 bits per heavy atom. The Morgan fingerprint density at radius 3 is 0.480 bits per heavy atom. The zero-order chi connectivity index (χ0) is 73.5. The molecule has 544 valence electrons. The molecule has 0 saturated heterocycles. The Balaban J connectivity index is 1.20. The summed E-state index contributed by atoms with van der Waals surface area (Å²) >= 11 is 1.52. The molecule has 0 atom stereocenters. The molecule has 0 aliphatic heterocycles. The van der Waals surface area contributed by atoms with Crippen LogP contribution in [0.1, 0.15) is 455 Å². The molecule has 102 heavy (non-hydrogen) atoms. The number of hydrogen-bond donors (Lipinski definition) is 0. The van der Waals surface area contributed by atoms with Crippen molar-refractivity contribution in [2.45, 2.75) is 406 Å². The molecule has 0 aromatic heterocycles. The summed E-state index contributed by atoms with van der Waals surface area (Å²) in [4.78, 5) is 0. The van der Waals surface area contributed by atoms with Gasteiger partial charge in [-0.05, 0) is 0 Å². The van der Waals surface area contributed by atoms with Gasteiger partial charge in [-0.15, -0.1) is 0 Å². The van der Waals surface area contributed by atoms with Crippen molar-refractivity contribution in [2.75, 3.05) is 0 Å². The van der Waals surface area contributed by atoms with E-state index in [4.69, 9.17) is 13.5 Å². The van der Waals surface area contributed by atoms with E-state index in [0.717, 1.165) is 12.8 Å². The van der Waals surface area contributed by atoms with Gasteiger partial charge in [0.25, 0.3) is 0 Å². The van der Waals surface area contributed by atoms with E-state index >= 15 is 0 Å². The average molecular weight is 1490 g/mol. The van der Waals surface area contributed by atoms with E-state index in [2.05, 4.69) is 253 Å². The van der Waals surface area contributed by atoms with Gasteiger partial charge in [0.1, 0.15) is 0 Å². The number of unbranched alkanes of at least 4 members (excludes halogenated alkanes) is 6. The molecule has 0 saturated carbocycles. The molecule has 18 rings (SSSR count). The third-order valence-electron chi connectivity index (χ3n) is 32.6. The molecular weight excluding hydrogens is 1350 g/mol. The van der Waals surface area contributed by atoms with Gasteiger partial charge in [-0.1, -0.05) is 0 Å². The predicted molar refractivity (Wildman–Crippen MR) is 439 cm³/mol. The summed E-state index contributed by atoms with van der Waals surface area (Å²) in [5.41, 5.74) is 39.7. The molecule has 2 heteroatoms. The van der Waals surface area contributed by atoms with Crippen molar-refractivity contribution in [3.63, 3.8) is 0 Å². The summed E-state index contributed by atoms with van der Waals surface area (Å²) in [6.45, 7) is 68.6. The quantitative estimate of drug-likeness (QED) is 0.0846. The van der Waals surface area contributed by atoms with Crippen LogP contribution in [0.3, 0.4) is 0 Å². The molecule has 12 aliphatic rings. The van der Waals surface area contributed by atoms with Gasteiger partial charge in [-0.2, -0.15) is 0 Å². The number of hydrogen-bond acceptors (Lipinski definition) is 0. The minimum atomic E-state index is -3.49. The van der Waals surface area contributed by atoms with Gasteiger partial charge < -0.3 is 0 Å². The monoisotopic (exact) mass is 1490 g/mol. The first kappa shape index (κ1) is 72.6. The molecule has 0 N–H and O–H groups in total. The van der Waals surface area contributed by atoms with Crippen LogP contribution in [0.2, 0.25) is 0 Å². The Bertz CT molecular complexity index is 3880. The number of rotatable bonds is 12. The topological polar surface area (TPSA) is 0 Å². The molecule has 6 aromatic rings. The second kappa shape index (κ2) is 22.3. The van der Waals surface area contributed by atoms with E-state index in [-0.39, 0.29) is 75.8 Å². The van der Waals surface area contributed by atoms with Gasteiger partial charge in [-0.25, -0.2) is 0 Å². The maximum atomic E-state index is 5.01. The summed E-state index contributed by atoms with van der Waals surface area (Å²) < 4.78 is -1.02. The first-order chi connectivity index (χ1) is 47.2. The normalized spacial score (nSPS) is 29.0. The molecule has 0 nitrogen and oxygen atoms in total. The Morgan fingerprint density at radius 2 is 0.343 bits per heavy atom.